The lowest BCUT2D eigenvalue weighted by molar-refractivity contribution is -0.131. The molecule has 0 saturated heterocycles. The number of nitrogens with zero attached hydrogens (tertiary/aromatic N) is 1. The fraction of sp³-hybridized carbons (Fsp3) is 1.00. The van der Waals surface area contributed by atoms with E-state index in [1.165, 1.54) is 12.0 Å². The molecule has 0 aliphatic carbocycles. The Labute approximate surface area is 157 Å². The number of methoxy groups -OCH3 is 1. The fourth-order valence-corrected chi connectivity index (χ4v) is 2.35. The molecule has 27 heavy (non-hydrogen) atoms. The molecule has 0 amide bonds. The number of rotatable bonds is 15. The minimum absolute atomic E-state index is 0.126. The summed E-state index contributed by atoms with van der Waals surface area (Å²) < 4.78 is 4.89. The molecule has 164 valence electrons. The predicted octanol–water partition coefficient (Wildman–Crippen LogP) is -6.19. The summed E-state index contributed by atoms with van der Waals surface area (Å²) >= 11 is 0. The van der Waals surface area contributed by atoms with Gasteiger partial charge in [-0.05, 0) is 0 Å². The lowest BCUT2D eigenvalue weighted by atomic mass is 10.0. The van der Waals surface area contributed by atoms with E-state index in [2.05, 4.69) is 0 Å². The summed E-state index contributed by atoms with van der Waals surface area (Å²) in [7, 11) is 1.40. The maximum atomic E-state index is 10.0. The monoisotopic (exact) mass is 403 g/mol. The molecule has 0 aliphatic heterocycles. The first-order valence-corrected chi connectivity index (χ1v) is 8.48. The second-order valence-electron chi connectivity index (χ2n) is 6.35. The van der Waals surface area contributed by atoms with Crippen molar-refractivity contribution in [2.24, 2.45) is 0 Å². The van der Waals surface area contributed by atoms with Crippen molar-refractivity contribution >= 4 is 0 Å². The molecule has 0 heterocycles. The smallest absolute Gasteiger partial charge is 0.111 e. The highest BCUT2D eigenvalue weighted by Crippen LogP contribution is 2.10. The lowest BCUT2D eigenvalue weighted by Crippen LogP contribution is -2.53. The topological polar surface area (TPSA) is 215 Å². The van der Waals surface area contributed by atoms with Gasteiger partial charge in [0.2, 0.25) is 0 Å². The number of ether oxygens (including phenoxy) is 1. The van der Waals surface area contributed by atoms with Crippen molar-refractivity contribution in [2.75, 3.05) is 46.6 Å². The molecular formula is C15H33NO11. The Kier molecular flexibility index (Phi) is 13.4. The van der Waals surface area contributed by atoms with Crippen LogP contribution < -0.4 is 0 Å². The van der Waals surface area contributed by atoms with Crippen LogP contribution in [-0.2, 0) is 4.74 Å². The first-order chi connectivity index (χ1) is 12.6. The van der Waals surface area contributed by atoms with Crippen molar-refractivity contribution < 1.29 is 55.8 Å². The van der Waals surface area contributed by atoms with E-state index in [9.17, 15) is 40.9 Å². The molecule has 0 aromatic heterocycles. The standard InChI is InChI=1S/C15H33NO11/c1-27-3-2-16(4-8(19)12(23)14(25)10(21)6-17)5-9(20)13(24)15(26)11(22)7-18/h8-15,17-26H,2-7H2,1H3/t8-,9-,10+,11+,12+,13+,14+,15+/m1/s1. The van der Waals surface area contributed by atoms with Gasteiger partial charge >= 0.3 is 0 Å². The highest BCUT2D eigenvalue weighted by atomic mass is 16.5. The van der Waals surface area contributed by atoms with Crippen LogP contribution in [0.4, 0.5) is 0 Å². The zero-order chi connectivity index (χ0) is 21.1. The van der Waals surface area contributed by atoms with Crippen molar-refractivity contribution in [3.63, 3.8) is 0 Å². The van der Waals surface area contributed by atoms with Gasteiger partial charge in [0.05, 0.1) is 32.0 Å². The first-order valence-electron chi connectivity index (χ1n) is 8.48. The van der Waals surface area contributed by atoms with Gasteiger partial charge in [-0.3, -0.25) is 4.90 Å². The molecule has 0 aliphatic rings. The average Bonchev–Trinajstić information content (AvgIpc) is 2.67. The van der Waals surface area contributed by atoms with E-state index < -0.39 is 62.0 Å². The minimum Gasteiger partial charge on any atom is -0.394 e. The quantitative estimate of drug-likeness (QED) is 0.124. The number of aliphatic hydroxyl groups is 10. The molecule has 0 rings (SSSR count). The van der Waals surface area contributed by atoms with Crippen LogP contribution in [0.5, 0.6) is 0 Å². The third-order valence-corrected chi connectivity index (χ3v) is 4.15. The van der Waals surface area contributed by atoms with Gasteiger partial charge < -0.3 is 55.8 Å². The van der Waals surface area contributed by atoms with E-state index in [4.69, 9.17) is 14.9 Å². The molecular weight excluding hydrogens is 370 g/mol. The van der Waals surface area contributed by atoms with Crippen molar-refractivity contribution in [2.45, 2.75) is 48.8 Å². The Bertz CT molecular complexity index is 348. The maximum Gasteiger partial charge on any atom is 0.111 e. The lowest BCUT2D eigenvalue weighted by Gasteiger charge is -2.33. The Morgan fingerprint density at radius 2 is 0.963 bits per heavy atom. The van der Waals surface area contributed by atoms with Crippen molar-refractivity contribution in [3.8, 4) is 0 Å². The highest BCUT2D eigenvalue weighted by Gasteiger charge is 2.34. The second kappa shape index (κ2) is 13.7. The summed E-state index contributed by atoms with van der Waals surface area (Å²) in [6.07, 6.45) is -13.7. The fourth-order valence-electron chi connectivity index (χ4n) is 2.35. The van der Waals surface area contributed by atoms with E-state index in [-0.39, 0.29) is 26.2 Å². The summed E-state index contributed by atoms with van der Waals surface area (Å²) in [4.78, 5) is 1.35. The third kappa shape index (κ3) is 9.04. The van der Waals surface area contributed by atoms with Crippen LogP contribution in [0.15, 0.2) is 0 Å². The first kappa shape index (κ1) is 26.5. The summed E-state index contributed by atoms with van der Waals surface area (Å²) in [6.45, 7) is -2.01. The molecule has 0 unspecified atom stereocenters. The van der Waals surface area contributed by atoms with Gasteiger partial charge in [0.1, 0.15) is 36.6 Å². The number of hydrogen-bond acceptors (Lipinski definition) is 12. The Balaban J connectivity index is 4.91. The van der Waals surface area contributed by atoms with E-state index in [1.54, 1.807) is 0 Å². The molecule has 0 aromatic carbocycles. The van der Waals surface area contributed by atoms with Gasteiger partial charge in [-0.2, -0.15) is 0 Å². The van der Waals surface area contributed by atoms with Gasteiger partial charge in [0.25, 0.3) is 0 Å². The minimum atomic E-state index is -1.81. The maximum absolute atomic E-state index is 10.0. The Morgan fingerprint density at radius 1 is 0.630 bits per heavy atom. The molecule has 12 nitrogen and oxygen atoms in total. The molecule has 0 saturated carbocycles. The van der Waals surface area contributed by atoms with Crippen LogP contribution in [0.3, 0.4) is 0 Å². The summed E-state index contributed by atoms with van der Waals surface area (Å²) in [5, 5.41) is 95.3. The zero-order valence-electron chi connectivity index (χ0n) is 15.2. The Morgan fingerprint density at radius 3 is 1.26 bits per heavy atom. The van der Waals surface area contributed by atoms with Crippen LogP contribution in [0, 0.1) is 0 Å². The molecule has 12 heteroatoms. The Hall–Kier alpha value is -0.480. The number of hydrogen-bond donors (Lipinski definition) is 10. The molecule has 0 fully saturated rings. The number of aliphatic hydroxyl groups excluding tert-OH is 10. The van der Waals surface area contributed by atoms with Crippen molar-refractivity contribution in [1.29, 1.82) is 0 Å². The molecule has 8 atom stereocenters. The molecule has 0 spiro atoms. The molecule has 0 aromatic rings. The predicted molar refractivity (Wildman–Crippen MR) is 90.5 cm³/mol. The van der Waals surface area contributed by atoms with Crippen LogP contribution in [-0.4, -0.2) is 151 Å². The second-order valence-corrected chi connectivity index (χ2v) is 6.35. The van der Waals surface area contributed by atoms with E-state index in [0.29, 0.717) is 0 Å². The van der Waals surface area contributed by atoms with Gasteiger partial charge in [0.15, 0.2) is 0 Å². The van der Waals surface area contributed by atoms with Crippen LogP contribution >= 0.6 is 0 Å². The van der Waals surface area contributed by atoms with Crippen molar-refractivity contribution in [3.05, 3.63) is 0 Å². The van der Waals surface area contributed by atoms with E-state index in [1.807, 2.05) is 0 Å². The average molecular weight is 403 g/mol. The van der Waals surface area contributed by atoms with Gasteiger partial charge in [-0.1, -0.05) is 0 Å². The summed E-state index contributed by atoms with van der Waals surface area (Å²) in [5.74, 6) is 0. The SMILES string of the molecule is COCCN(C[C@@H](O)[C@H](O)[C@@H](O)[C@@H](O)CO)C[C@@H](O)[C@H](O)[C@@H](O)[C@@H](O)CO. The molecule has 0 bridgehead atoms. The van der Waals surface area contributed by atoms with E-state index >= 15 is 0 Å². The molecule has 10 N–H and O–H groups in total. The van der Waals surface area contributed by atoms with Crippen LogP contribution in [0.2, 0.25) is 0 Å². The van der Waals surface area contributed by atoms with Gasteiger partial charge in [-0.15, -0.1) is 0 Å². The highest BCUT2D eigenvalue weighted by molar-refractivity contribution is 4.86. The van der Waals surface area contributed by atoms with Crippen LogP contribution in [0.25, 0.3) is 0 Å². The van der Waals surface area contributed by atoms with Gasteiger partial charge in [-0.25, -0.2) is 0 Å². The van der Waals surface area contributed by atoms with Gasteiger partial charge in [0, 0.05) is 26.7 Å². The summed E-state index contributed by atoms with van der Waals surface area (Å²) in [6, 6.07) is 0. The third-order valence-electron chi connectivity index (χ3n) is 4.15. The summed E-state index contributed by atoms with van der Waals surface area (Å²) in [5.41, 5.74) is 0. The van der Waals surface area contributed by atoms with Crippen molar-refractivity contribution in [1.82, 2.24) is 4.90 Å². The van der Waals surface area contributed by atoms with Crippen LogP contribution in [0.1, 0.15) is 0 Å². The normalized spacial score (nSPS) is 21.3. The van der Waals surface area contributed by atoms with E-state index in [0.717, 1.165) is 0 Å². The largest absolute Gasteiger partial charge is 0.394 e. The zero-order valence-corrected chi connectivity index (χ0v) is 15.2. The molecule has 0 radical (unpaired) electrons.